The van der Waals surface area contributed by atoms with Gasteiger partial charge >= 0.3 is 0 Å². The van der Waals surface area contributed by atoms with Crippen molar-refractivity contribution < 1.29 is 9.53 Å². The zero-order chi connectivity index (χ0) is 17.5. The molecule has 4 nitrogen and oxygen atoms in total. The summed E-state index contributed by atoms with van der Waals surface area (Å²) in [6.45, 7) is 7.65. The highest BCUT2D eigenvalue weighted by atomic mass is 16.5. The van der Waals surface area contributed by atoms with Gasteiger partial charge in [0.2, 0.25) is 5.91 Å². The van der Waals surface area contributed by atoms with Crippen LogP contribution in [-0.4, -0.2) is 37.6 Å². The molecule has 0 heterocycles. The Morgan fingerprint density at radius 1 is 1.08 bits per heavy atom. The fourth-order valence-electron chi connectivity index (χ4n) is 2.50. The second kappa shape index (κ2) is 8.50. The van der Waals surface area contributed by atoms with Gasteiger partial charge in [0.05, 0.1) is 6.54 Å². The summed E-state index contributed by atoms with van der Waals surface area (Å²) >= 11 is 0. The van der Waals surface area contributed by atoms with Crippen molar-refractivity contribution in [3.05, 3.63) is 59.2 Å². The maximum atomic E-state index is 12.2. The van der Waals surface area contributed by atoms with Gasteiger partial charge in [0, 0.05) is 12.2 Å². The highest BCUT2D eigenvalue weighted by Crippen LogP contribution is 2.16. The van der Waals surface area contributed by atoms with Crippen molar-refractivity contribution in [3.63, 3.8) is 0 Å². The predicted molar refractivity (Wildman–Crippen MR) is 98.7 cm³/mol. The van der Waals surface area contributed by atoms with Crippen LogP contribution in [0.1, 0.15) is 16.7 Å². The number of ether oxygens (including phenoxy) is 1. The third kappa shape index (κ3) is 5.39. The van der Waals surface area contributed by atoms with Crippen molar-refractivity contribution in [1.29, 1.82) is 0 Å². The first kappa shape index (κ1) is 18.0. The maximum Gasteiger partial charge on any atom is 0.238 e. The van der Waals surface area contributed by atoms with Crippen molar-refractivity contribution in [3.8, 4) is 5.75 Å². The van der Waals surface area contributed by atoms with Crippen LogP contribution < -0.4 is 10.1 Å². The fourth-order valence-corrected chi connectivity index (χ4v) is 2.50. The van der Waals surface area contributed by atoms with Crippen LogP contribution in [0.3, 0.4) is 0 Å². The lowest BCUT2D eigenvalue weighted by Gasteiger charge is -2.17. The van der Waals surface area contributed by atoms with Crippen molar-refractivity contribution in [1.82, 2.24) is 4.90 Å². The number of para-hydroxylation sites is 1. The van der Waals surface area contributed by atoms with Gasteiger partial charge in [0.25, 0.3) is 0 Å². The van der Waals surface area contributed by atoms with Gasteiger partial charge in [-0.2, -0.15) is 0 Å². The number of aryl methyl sites for hydroxylation is 3. The lowest BCUT2D eigenvalue weighted by molar-refractivity contribution is -0.117. The zero-order valence-electron chi connectivity index (χ0n) is 14.9. The minimum absolute atomic E-state index is 0.0136. The van der Waals surface area contributed by atoms with Crippen LogP contribution in [0.25, 0.3) is 0 Å². The van der Waals surface area contributed by atoms with E-state index in [1.54, 1.807) is 0 Å². The molecule has 0 saturated heterocycles. The van der Waals surface area contributed by atoms with E-state index >= 15 is 0 Å². The van der Waals surface area contributed by atoms with E-state index in [9.17, 15) is 4.79 Å². The molecule has 0 aliphatic rings. The van der Waals surface area contributed by atoms with E-state index in [2.05, 4.69) is 11.4 Å². The molecule has 0 aromatic heterocycles. The molecule has 0 radical (unpaired) electrons. The number of amides is 1. The first-order chi connectivity index (χ1) is 11.5. The number of anilines is 1. The van der Waals surface area contributed by atoms with Crippen molar-refractivity contribution >= 4 is 11.6 Å². The molecule has 0 spiro atoms. The molecule has 0 fully saturated rings. The van der Waals surface area contributed by atoms with E-state index in [0.717, 1.165) is 22.6 Å². The molecule has 0 aliphatic carbocycles. The zero-order valence-corrected chi connectivity index (χ0v) is 14.9. The normalized spacial score (nSPS) is 10.7. The number of rotatable bonds is 7. The molecule has 2 rings (SSSR count). The number of nitrogens with zero attached hydrogens (tertiary/aromatic N) is 1. The van der Waals surface area contributed by atoms with Crippen LogP contribution in [0, 0.1) is 20.8 Å². The molecule has 0 bridgehead atoms. The summed E-state index contributed by atoms with van der Waals surface area (Å²) in [7, 11) is 1.92. The molecular formula is C20H26N2O2. The summed E-state index contributed by atoms with van der Waals surface area (Å²) in [4.78, 5) is 14.1. The summed E-state index contributed by atoms with van der Waals surface area (Å²) in [5.74, 6) is 0.881. The summed E-state index contributed by atoms with van der Waals surface area (Å²) in [6, 6.07) is 14.0. The van der Waals surface area contributed by atoms with E-state index in [1.165, 1.54) is 5.56 Å². The Morgan fingerprint density at radius 3 is 2.54 bits per heavy atom. The van der Waals surface area contributed by atoms with Crippen LogP contribution in [0.4, 0.5) is 5.69 Å². The quantitative estimate of drug-likeness (QED) is 0.846. The standard InChI is InChI=1S/C20H26N2O2/c1-15-9-10-18(17(3)13-15)21-20(23)14-22(4)11-12-24-19-8-6-5-7-16(19)2/h5-10,13H,11-12,14H2,1-4H3,(H,21,23). The molecule has 128 valence electrons. The van der Waals surface area contributed by atoms with Gasteiger partial charge in [-0.15, -0.1) is 0 Å². The monoisotopic (exact) mass is 326 g/mol. The molecule has 2 aromatic carbocycles. The van der Waals surface area contributed by atoms with Crippen molar-refractivity contribution in [2.24, 2.45) is 0 Å². The minimum Gasteiger partial charge on any atom is -0.492 e. The van der Waals surface area contributed by atoms with E-state index in [4.69, 9.17) is 4.74 Å². The number of benzene rings is 2. The second-order valence-corrected chi connectivity index (χ2v) is 6.22. The number of hydrogen-bond acceptors (Lipinski definition) is 3. The topological polar surface area (TPSA) is 41.6 Å². The summed E-state index contributed by atoms with van der Waals surface area (Å²) in [5, 5.41) is 2.96. The highest BCUT2D eigenvalue weighted by Gasteiger charge is 2.09. The largest absolute Gasteiger partial charge is 0.492 e. The van der Waals surface area contributed by atoms with Gasteiger partial charge in [0.15, 0.2) is 0 Å². The summed E-state index contributed by atoms with van der Waals surface area (Å²) in [5.41, 5.74) is 4.26. The van der Waals surface area contributed by atoms with Gasteiger partial charge < -0.3 is 10.1 Å². The number of likely N-dealkylation sites (N-methyl/N-ethyl adjacent to an activating group) is 1. The molecule has 0 unspecified atom stereocenters. The van der Waals surface area contributed by atoms with Crippen molar-refractivity contribution in [2.45, 2.75) is 20.8 Å². The Kier molecular flexibility index (Phi) is 6.38. The van der Waals surface area contributed by atoms with Gasteiger partial charge in [0.1, 0.15) is 12.4 Å². The third-order valence-electron chi connectivity index (χ3n) is 3.89. The van der Waals surface area contributed by atoms with Crippen LogP contribution in [0.15, 0.2) is 42.5 Å². The molecule has 1 amide bonds. The van der Waals surface area contributed by atoms with Crippen molar-refractivity contribution in [2.75, 3.05) is 32.1 Å². The van der Waals surface area contributed by atoms with E-state index in [1.807, 2.05) is 69.1 Å². The predicted octanol–water partition coefficient (Wildman–Crippen LogP) is 3.56. The lowest BCUT2D eigenvalue weighted by atomic mass is 10.1. The highest BCUT2D eigenvalue weighted by molar-refractivity contribution is 5.92. The average molecular weight is 326 g/mol. The molecule has 0 aliphatic heterocycles. The van der Waals surface area contributed by atoms with Crippen LogP contribution in [0.2, 0.25) is 0 Å². The molecule has 1 N–H and O–H groups in total. The van der Waals surface area contributed by atoms with Gasteiger partial charge in [-0.05, 0) is 51.1 Å². The van der Waals surface area contributed by atoms with Gasteiger partial charge in [-0.3, -0.25) is 9.69 Å². The first-order valence-corrected chi connectivity index (χ1v) is 8.20. The number of carbonyl (C=O) groups excluding carboxylic acids is 1. The third-order valence-corrected chi connectivity index (χ3v) is 3.89. The minimum atomic E-state index is -0.0136. The summed E-state index contributed by atoms with van der Waals surface area (Å²) < 4.78 is 5.77. The van der Waals surface area contributed by atoms with Gasteiger partial charge in [-0.1, -0.05) is 35.9 Å². The molecule has 0 saturated carbocycles. The van der Waals surface area contributed by atoms with E-state index < -0.39 is 0 Å². The molecule has 4 heteroatoms. The molecule has 24 heavy (non-hydrogen) atoms. The first-order valence-electron chi connectivity index (χ1n) is 8.20. The SMILES string of the molecule is Cc1ccc(NC(=O)CN(C)CCOc2ccccc2C)c(C)c1. The Labute approximate surface area is 144 Å². The Bertz CT molecular complexity index is 698. The molecule has 2 aromatic rings. The molecule has 0 atom stereocenters. The maximum absolute atomic E-state index is 12.2. The van der Waals surface area contributed by atoms with Crippen LogP contribution >= 0.6 is 0 Å². The number of hydrogen-bond donors (Lipinski definition) is 1. The van der Waals surface area contributed by atoms with E-state index in [0.29, 0.717) is 19.7 Å². The lowest BCUT2D eigenvalue weighted by Crippen LogP contribution is -2.33. The van der Waals surface area contributed by atoms with Gasteiger partial charge in [-0.25, -0.2) is 0 Å². The Balaban J connectivity index is 1.76. The Hall–Kier alpha value is -2.33. The van der Waals surface area contributed by atoms with Crippen LogP contribution in [-0.2, 0) is 4.79 Å². The smallest absolute Gasteiger partial charge is 0.238 e. The molecular weight excluding hydrogens is 300 g/mol. The summed E-state index contributed by atoms with van der Waals surface area (Å²) in [6.07, 6.45) is 0. The Morgan fingerprint density at radius 2 is 1.83 bits per heavy atom. The van der Waals surface area contributed by atoms with E-state index in [-0.39, 0.29) is 5.91 Å². The number of carbonyl (C=O) groups is 1. The van der Waals surface area contributed by atoms with Crippen LogP contribution in [0.5, 0.6) is 5.75 Å². The second-order valence-electron chi connectivity index (χ2n) is 6.22. The average Bonchev–Trinajstić information content (AvgIpc) is 2.52. The number of nitrogens with one attached hydrogen (secondary N) is 1. The fraction of sp³-hybridized carbons (Fsp3) is 0.350.